The van der Waals surface area contributed by atoms with Crippen molar-refractivity contribution in [2.24, 2.45) is 5.92 Å². The first-order valence-electron chi connectivity index (χ1n) is 10.7. The summed E-state index contributed by atoms with van der Waals surface area (Å²) in [5, 5.41) is 2.12. The van der Waals surface area contributed by atoms with Gasteiger partial charge in [-0.3, -0.25) is 9.59 Å². The highest BCUT2D eigenvalue weighted by atomic mass is 32.1. The van der Waals surface area contributed by atoms with Crippen molar-refractivity contribution in [3.05, 3.63) is 57.8 Å². The summed E-state index contributed by atoms with van der Waals surface area (Å²) >= 11 is 1.77. The van der Waals surface area contributed by atoms with Crippen LogP contribution in [0.4, 0.5) is 0 Å². The second-order valence-corrected chi connectivity index (χ2v) is 9.22. The van der Waals surface area contributed by atoms with E-state index >= 15 is 0 Å². The lowest BCUT2D eigenvalue weighted by Gasteiger charge is -2.38. The summed E-state index contributed by atoms with van der Waals surface area (Å²) in [6.07, 6.45) is 3.26. The van der Waals surface area contributed by atoms with Crippen LogP contribution in [-0.4, -0.2) is 41.2 Å². The molecule has 1 unspecified atom stereocenters. The van der Waals surface area contributed by atoms with Crippen molar-refractivity contribution < 1.29 is 9.59 Å². The van der Waals surface area contributed by atoms with E-state index in [1.54, 1.807) is 16.2 Å². The molecule has 1 aromatic carbocycles. The topological polar surface area (TPSA) is 40.6 Å². The normalized spacial score (nSPS) is 16.0. The van der Waals surface area contributed by atoms with Crippen molar-refractivity contribution >= 4 is 23.2 Å². The van der Waals surface area contributed by atoms with Gasteiger partial charge in [0.1, 0.15) is 0 Å². The minimum Gasteiger partial charge on any atom is -0.333 e. The standard InChI is InChI=1S/C24H32N2O2S/c1-4-5-11-22(27)25(16-18(2)3)17-23(28)26-14-12-21-20(13-15-29-21)24(26)19-9-7-6-8-10-19/h6-10,13,15,18,24H,4-5,11-12,14,16-17H2,1-3H3. The molecule has 1 atom stereocenters. The number of thiophene rings is 1. The largest absolute Gasteiger partial charge is 0.333 e. The minimum absolute atomic E-state index is 0.0428. The third-order valence-electron chi connectivity index (χ3n) is 5.41. The molecular weight excluding hydrogens is 380 g/mol. The Labute approximate surface area is 178 Å². The summed E-state index contributed by atoms with van der Waals surface area (Å²) in [4.78, 5) is 31.3. The van der Waals surface area contributed by atoms with Gasteiger partial charge in [-0.05, 0) is 41.3 Å². The number of rotatable bonds is 8. The Kier molecular flexibility index (Phi) is 7.48. The maximum atomic E-state index is 13.4. The van der Waals surface area contributed by atoms with Crippen LogP contribution in [0.5, 0.6) is 0 Å². The third-order valence-corrected chi connectivity index (χ3v) is 6.41. The molecule has 4 nitrogen and oxygen atoms in total. The van der Waals surface area contributed by atoms with Crippen LogP contribution in [0.2, 0.25) is 0 Å². The molecule has 0 N–H and O–H groups in total. The number of unbranched alkanes of at least 4 members (excludes halogenated alkanes) is 1. The van der Waals surface area contributed by atoms with Crippen molar-refractivity contribution in [2.75, 3.05) is 19.6 Å². The van der Waals surface area contributed by atoms with Crippen molar-refractivity contribution in [3.63, 3.8) is 0 Å². The maximum absolute atomic E-state index is 13.4. The number of amides is 2. The van der Waals surface area contributed by atoms with Gasteiger partial charge in [-0.25, -0.2) is 0 Å². The van der Waals surface area contributed by atoms with Crippen LogP contribution in [0.1, 0.15) is 62.1 Å². The number of carbonyl (C=O) groups is 2. The van der Waals surface area contributed by atoms with E-state index in [4.69, 9.17) is 0 Å². The first-order valence-corrected chi connectivity index (χ1v) is 11.6. The van der Waals surface area contributed by atoms with Gasteiger partial charge in [-0.15, -0.1) is 11.3 Å². The Morgan fingerprint density at radius 3 is 2.66 bits per heavy atom. The molecule has 0 saturated carbocycles. The van der Waals surface area contributed by atoms with Gasteiger partial charge in [-0.2, -0.15) is 0 Å². The second kappa shape index (κ2) is 10.1. The molecule has 3 rings (SSSR count). The van der Waals surface area contributed by atoms with E-state index in [9.17, 15) is 9.59 Å². The molecule has 2 aromatic rings. The Hall–Kier alpha value is -2.14. The number of hydrogen-bond acceptors (Lipinski definition) is 3. The summed E-state index contributed by atoms with van der Waals surface area (Å²) in [6.45, 7) is 7.77. The highest BCUT2D eigenvalue weighted by Crippen LogP contribution is 2.37. The molecule has 1 aromatic heterocycles. The van der Waals surface area contributed by atoms with Crippen molar-refractivity contribution in [2.45, 2.75) is 52.5 Å². The molecule has 0 saturated heterocycles. The lowest BCUT2D eigenvalue weighted by molar-refractivity contribution is -0.142. The highest BCUT2D eigenvalue weighted by molar-refractivity contribution is 7.10. The van der Waals surface area contributed by atoms with E-state index in [0.717, 1.165) is 24.8 Å². The van der Waals surface area contributed by atoms with E-state index in [1.807, 2.05) is 23.1 Å². The average Bonchev–Trinajstić information content (AvgIpc) is 3.19. The number of hydrogen-bond donors (Lipinski definition) is 0. The SMILES string of the molecule is CCCCC(=O)N(CC(=O)N1CCc2sccc2C1c1ccccc1)CC(C)C. The van der Waals surface area contributed by atoms with Crippen molar-refractivity contribution in [1.82, 2.24) is 9.80 Å². The molecule has 2 heterocycles. The minimum atomic E-state index is -0.0645. The first-order chi connectivity index (χ1) is 14.0. The smallest absolute Gasteiger partial charge is 0.242 e. The fourth-order valence-corrected chi connectivity index (χ4v) is 4.92. The van der Waals surface area contributed by atoms with Gasteiger partial charge < -0.3 is 9.80 Å². The molecule has 0 spiro atoms. The molecule has 1 aliphatic heterocycles. The molecule has 0 aliphatic carbocycles. The third kappa shape index (κ3) is 5.27. The van der Waals surface area contributed by atoms with Crippen LogP contribution in [0, 0.1) is 5.92 Å². The molecule has 29 heavy (non-hydrogen) atoms. The van der Waals surface area contributed by atoms with Gasteiger partial charge in [0.15, 0.2) is 0 Å². The van der Waals surface area contributed by atoms with E-state index in [2.05, 4.69) is 44.4 Å². The van der Waals surface area contributed by atoms with Crippen molar-refractivity contribution in [3.8, 4) is 0 Å². The number of carbonyl (C=O) groups excluding carboxylic acids is 2. The summed E-state index contributed by atoms with van der Waals surface area (Å²) in [5.74, 6) is 0.475. The Balaban J connectivity index is 1.83. The quantitative estimate of drug-likeness (QED) is 0.619. The maximum Gasteiger partial charge on any atom is 0.242 e. The fourth-order valence-electron chi connectivity index (χ4n) is 4.02. The fraction of sp³-hybridized carbons (Fsp3) is 0.500. The van der Waals surface area contributed by atoms with Crippen LogP contribution < -0.4 is 0 Å². The summed E-state index contributed by atoms with van der Waals surface area (Å²) in [5.41, 5.74) is 2.36. The number of benzene rings is 1. The molecule has 156 valence electrons. The van der Waals surface area contributed by atoms with Crippen LogP contribution in [0.25, 0.3) is 0 Å². The van der Waals surface area contributed by atoms with Gasteiger partial charge in [0.25, 0.3) is 0 Å². The van der Waals surface area contributed by atoms with Gasteiger partial charge in [0, 0.05) is 24.4 Å². The van der Waals surface area contributed by atoms with Crippen LogP contribution in [0.15, 0.2) is 41.8 Å². The predicted octanol–water partition coefficient (Wildman–Crippen LogP) is 4.90. The molecular formula is C24H32N2O2S. The summed E-state index contributed by atoms with van der Waals surface area (Å²) < 4.78 is 0. The first kappa shape index (κ1) is 21.6. The van der Waals surface area contributed by atoms with Gasteiger partial charge >= 0.3 is 0 Å². The molecule has 5 heteroatoms. The molecule has 0 bridgehead atoms. The zero-order valence-electron chi connectivity index (χ0n) is 17.8. The monoisotopic (exact) mass is 412 g/mol. The lowest BCUT2D eigenvalue weighted by Crippen LogP contribution is -2.47. The van der Waals surface area contributed by atoms with Gasteiger partial charge in [0.2, 0.25) is 11.8 Å². The highest BCUT2D eigenvalue weighted by Gasteiger charge is 2.33. The Morgan fingerprint density at radius 1 is 1.21 bits per heavy atom. The summed E-state index contributed by atoms with van der Waals surface area (Å²) in [7, 11) is 0. The Bertz CT molecular complexity index is 815. The molecule has 2 amide bonds. The van der Waals surface area contributed by atoms with Gasteiger partial charge in [-0.1, -0.05) is 57.5 Å². The van der Waals surface area contributed by atoms with Crippen molar-refractivity contribution in [1.29, 1.82) is 0 Å². The second-order valence-electron chi connectivity index (χ2n) is 8.22. The predicted molar refractivity (Wildman–Crippen MR) is 119 cm³/mol. The Morgan fingerprint density at radius 2 is 1.97 bits per heavy atom. The van der Waals surface area contributed by atoms with Crippen LogP contribution in [0.3, 0.4) is 0 Å². The molecule has 0 fully saturated rings. The van der Waals surface area contributed by atoms with Crippen LogP contribution >= 0.6 is 11.3 Å². The molecule has 0 radical (unpaired) electrons. The van der Waals surface area contributed by atoms with E-state index in [0.29, 0.717) is 25.4 Å². The zero-order chi connectivity index (χ0) is 20.8. The zero-order valence-corrected chi connectivity index (χ0v) is 18.6. The summed E-state index contributed by atoms with van der Waals surface area (Å²) in [6, 6.07) is 12.3. The number of nitrogens with zero attached hydrogens (tertiary/aromatic N) is 2. The molecule has 1 aliphatic rings. The van der Waals surface area contributed by atoms with E-state index < -0.39 is 0 Å². The van der Waals surface area contributed by atoms with Gasteiger partial charge in [0.05, 0.1) is 12.6 Å². The van der Waals surface area contributed by atoms with Crippen LogP contribution in [-0.2, 0) is 16.0 Å². The number of fused-ring (bicyclic) bond motifs is 1. The van der Waals surface area contributed by atoms with E-state index in [-0.39, 0.29) is 24.4 Å². The average molecular weight is 413 g/mol. The van der Waals surface area contributed by atoms with E-state index in [1.165, 1.54) is 10.4 Å². The lowest BCUT2D eigenvalue weighted by atomic mass is 9.93.